The summed E-state index contributed by atoms with van der Waals surface area (Å²) in [5.74, 6) is 0. The smallest absolute Gasteiger partial charge is 0.265 e. The van der Waals surface area contributed by atoms with Crippen molar-refractivity contribution in [1.82, 2.24) is 4.98 Å². The van der Waals surface area contributed by atoms with Crippen LogP contribution < -0.4 is 0 Å². The first-order valence-electron chi connectivity index (χ1n) is 7.58. The fourth-order valence-electron chi connectivity index (χ4n) is 1.34. The average Bonchev–Trinajstić information content (AvgIpc) is 2.75. The van der Waals surface area contributed by atoms with Crippen LogP contribution in [-0.2, 0) is 20.1 Å². The van der Waals surface area contributed by atoms with E-state index in [0.29, 0.717) is 0 Å². The summed E-state index contributed by atoms with van der Waals surface area (Å²) in [6.07, 6.45) is 3.50. The Morgan fingerprint density at radius 3 is 0.720 bits per heavy atom. The average molecular weight is 503 g/mol. The first kappa shape index (κ1) is 22.5. The van der Waals surface area contributed by atoms with Gasteiger partial charge in [-0.1, -0.05) is 6.07 Å². The summed E-state index contributed by atoms with van der Waals surface area (Å²) in [5.41, 5.74) is 0. The standard InChI is InChI=1S/3C6H5.C5H5N.Ir/c4*1-2-4-6-5-3-1;/h4*1-5H;/q3*-1;;+3. The van der Waals surface area contributed by atoms with Gasteiger partial charge in [-0.3, -0.25) is 4.98 Å². The van der Waals surface area contributed by atoms with Crippen molar-refractivity contribution in [2.45, 2.75) is 0 Å². The van der Waals surface area contributed by atoms with Crippen molar-refractivity contribution in [3.8, 4) is 0 Å². The van der Waals surface area contributed by atoms with Crippen LogP contribution in [0.2, 0.25) is 0 Å². The number of pyridine rings is 1. The molecule has 0 aliphatic carbocycles. The van der Waals surface area contributed by atoms with Crippen molar-refractivity contribution in [2.24, 2.45) is 0 Å². The van der Waals surface area contributed by atoms with Gasteiger partial charge in [-0.05, 0) is 12.1 Å². The first-order chi connectivity index (χ1) is 12.0. The molecule has 25 heavy (non-hydrogen) atoms. The molecule has 1 aromatic heterocycles. The van der Waals surface area contributed by atoms with Gasteiger partial charge in [-0.15, -0.1) is 0 Å². The van der Waals surface area contributed by atoms with Crippen molar-refractivity contribution in [3.05, 3.63) is 140 Å². The SMILES string of the molecule is [Ir+3].[c-]1ccccc1.[c-]1ccccc1.[c-]1ccccc1.c1ccncc1. The predicted octanol–water partition coefficient (Wildman–Crippen LogP) is 5.54. The van der Waals surface area contributed by atoms with Gasteiger partial charge in [0, 0.05) is 12.4 Å². The van der Waals surface area contributed by atoms with E-state index in [1.807, 2.05) is 109 Å². The van der Waals surface area contributed by atoms with Gasteiger partial charge in [-0.2, -0.15) is 109 Å². The molecular weight excluding hydrogens is 482 g/mol. The van der Waals surface area contributed by atoms with E-state index >= 15 is 0 Å². The van der Waals surface area contributed by atoms with E-state index in [2.05, 4.69) is 23.2 Å². The predicted molar refractivity (Wildman–Crippen MR) is 100 cm³/mol. The second-order valence-corrected chi connectivity index (χ2v) is 4.26. The van der Waals surface area contributed by atoms with E-state index in [4.69, 9.17) is 0 Å². The summed E-state index contributed by atoms with van der Waals surface area (Å²) in [6.45, 7) is 0. The Labute approximate surface area is 164 Å². The van der Waals surface area contributed by atoms with Gasteiger partial charge in [-0.25, -0.2) is 0 Å². The maximum Gasteiger partial charge on any atom is 3.00 e. The molecule has 0 aliphatic heterocycles. The van der Waals surface area contributed by atoms with Crippen LogP contribution in [0, 0.1) is 18.2 Å². The third-order valence-electron chi connectivity index (χ3n) is 2.39. The summed E-state index contributed by atoms with van der Waals surface area (Å²) < 4.78 is 0. The molecular formula is C23H20IrN. The molecule has 2 heteroatoms. The Balaban J connectivity index is 0.000000303. The summed E-state index contributed by atoms with van der Waals surface area (Å²) in [6, 6.07) is 43.2. The van der Waals surface area contributed by atoms with E-state index in [-0.39, 0.29) is 20.1 Å². The minimum atomic E-state index is 0. The van der Waals surface area contributed by atoms with Gasteiger partial charge >= 0.3 is 20.1 Å². The Kier molecular flexibility index (Phi) is 17.5. The molecule has 0 aliphatic rings. The van der Waals surface area contributed by atoms with Gasteiger partial charge in [0.1, 0.15) is 0 Å². The summed E-state index contributed by atoms with van der Waals surface area (Å²) in [7, 11) is 0. The molecule has 0 unspecified atom stereocenters. The van der Waals surface area contributed by atoms with Crippen LogP contribution in [0.4, 0.5) is 0 Å². The second-order valence-electron chi connectivity index (χ2n) is 4.26. The molecule has 0 fully saturated rings. The molecule has 3 aromatic carbocycles. The Morgan fingerprint density at radius 1 is 0.360 bits per heavy atom. The van der Waals surface area contributed by atoms with Crippen LogP contribution in [-0.4, -0.2) is 4.98 Å². The Morgan fingerprint density at radius 2 is 0.640 bits per heavy atom. The maximum absolute atomic E-state index is 3.78. The van der Waals surface area contributed by atoms with Crippen molar-refractivity contribution in [3.63, 3.8) is 0 Å². The van der Waals surface area contributed by atoms with E-state index in [1.165, 1.54) is 0 Å². The van der Waals surface area contributed by atoms with E-state index in [9.17, 15) is 0 Å². The zero-order valence-corrected chi connectivity index (χ0v) is 16.2. The van der Waals surface area contributed by atoms with Gasteiger partial charge < -0.3 is 0 Å². The monoisotopic (exact) mass is 503 g/mol. The largest absolute Gasteiger partial charge is 3.00 e. The van der Waals surface area contributed by atoms with E-state index in [1.54, 1.807) is 12.4 Å². The summed E-state index contributed by atoms with van der Waals surface area (Å²) >= 11 is 0. The molecule has 1 nitrogen and oxygen atoms in total. The molecule has 0 saturated heterocycles. The normalized spacial score (nSPS) is 7.68. The number of rotatable bonds is 0. The molecule has 0 saturated carbocycles. The molecule has 126 valence electrons. The molecule has 0 bridgehead atoms. The van der Waals surface area contributed by atoms with Gasteiger partial charge in [0.25, 0.3) is 0 Å². The van der Waals surface area contributed by atoms with Crippen molar-refractivity contribution in [1.29, 1.82) is 0 Å². The number of nitrogens with zero attached hydrogens (tertiary/aromatic N) is 1. The van der Waals surface area contributed by atoms with Crippen LogP contribution in [0.1, 0.15) is 0 Å². The molecule has 0 N–H and O–H groups in total. The van der Waals surface area contributed by atoms with Crippen LogP contribution in [0.3, 0.4) is 0 Å². The molecule has 0 atom stereocenters. The van der Waals surface area contributed by atoms with E-state index in [0.717, 1.165) is 0 Å². The zero-order valence-electron chi connectivity index (χ0n) is 13.8. The molecule has 4 aromatic rings. The fraction of sp³-hybridized carbons (Fsp3) is 0. The van der Waals surface area contributed by atoms with Gasteiger partial charge in [0.05, 0.1) is 0 Å². The van der Waals surface area contributed by atoms with Crippen molar-refractivity contribution < 1.29 is 20.1 Å². The number of hydrogen-bond acceptors (Lipinski definition) is 1. The van der Waals surface area contributed by atoms with Gasteiger partial charge in [0.15, 0.2) is 0 Å². The zero-order chi connectivity index (χ0) is 17.0. The molecule has 4 rings (SSSR count). The van der Waals surface area contributed by atoms with Crippen LogP contribution in [0.15, 0.2) is 122 Å². The summed E-state index contributed by atoms with van der Waals surface area (Å²) in [5, 5.41) is 0. The van der Waals surface area contributed by atoms with E-state index < -0.39 is 0 Å². The van der Waals surface area contributed by atoms with Gasteiger partial charge in [0.2, 0.25) is 0 Å². The minimum absolute atomic E-state index is 0. The van der Waals surface area contributed by atoms with Crippen molar-refractivity contribution in [2.75, 3.05) is 0 Å². The number of benzene rings is 3. The molecule has 0 spiro atoms. The first-order valence-corrected chi connectivity index (χ1v) is 7.58. The maximum atomic E-state index is 3.78. The van der Waals surface area contributed by atoms with Crippen LogP contribution in [0.5, 0.6) is 0 Å². The summed E-state index contributed by atoms with van der Waals surface area (Å²) in [4.78, 5) is 3.78. The second kappa shape index (κ2) is 19.5. The molecule has 0 amide bonds. The van der Waals surface area contributed by atoms with Crippen LogP contribution in [0.25, 0.3) is 0 Å². The van der Waals surface area contributed by atoms with Crippen molar-refractivity contribution >= 4 is 0 Å². The molecule has 1 heterocycles. The number of hydrogen-bond donors (Lipinski definition) is 0. The minimum Gasteiger partial charge on any atom is -0.265 e. The molecule has 0 radical (unpaired) electrons. The Bertz CT molecular complexity index is 426. The quantitative estimate of drug-likeness (QED) is 0.288. The third kappa shape index (κ3) is 17.6. The third-order valence-corrected chi connectivity index (χ3v) is 2.39. The van der Waals surface area contributed by atoms with Crippen LogP contribution >= 0.6 is 0 Å². The number of aromatic nitrogens is 1. The fourth-order valence-corrected chi connectivity index (χ4v) is 1.34. The topological polar surface area (TPSA) is 12.9 Å². The Hall–Kier alpha value is -2.54.